The number of rotatable bonds is 4. The number of benzene rings is 1. The number of nitrogens with one attached hydrogen (secondary N) is 1. The molecule has 5 nitrogen and oxygen atoms in total. The van der Waals surface area contributed by atoms with Crippen LogP contribution in [0.3, 0.4) is 0 Å². The smallest absolute Gasteiger partial charge is 0.240 e. The van der Waals surface area contributed by atoms with Crippen LogP contribution in [0.5, 0.6) is 0 Å². The van der Waals surface area contributed by atoms with Crippen LogP contribution in [0.25, 0.3) is 0 Å². The first-order valence-electron chi connectivity index (χ1n) is 7.42. The number of hydrogen-bond acceptors (Lipinski definition) is 4. The Morgan fingerprint density at radius 2 is 2.00 bits per heavy atom. The van der Waals surface area contributed by atoms with Gasteiger partial charge in [-0.1, -0.05) is 30.3 Å². The van der Waals surface area contributed by atoms with Crippen molar-refractivity contribution in [2.45, 2.75) is 19.9 Å². The van der Waals surface area contributed by atoms with E-state index in [0.29, 0.717) is 12.6 Å². The number of likely N-dealkylation sites (N-methyl/N-ethyl adjacent to an activating group) is 1. The van der Waals surface area contributed by atoms with Gasteiger partial charge in [0.05, 0.1) is 5.41 Å². The lowest BCUT2D eigenvalue weighted by Crippen LogP contribution is -2.53. The SMILES string of the molecule is CN1CCN(CC(C)(C)C(=O)NN)C(c2ccccc2)C1. The molecule has 1 aliphatic rings. The molecule has 21 heavy (non-hydrogen) atoms. The molecule has 1 fully saturated rings. The van der Waals surface area contributed by atoms with Crippen LogP contribution >= 0.6 is 0 Å². The first kappa shape index (κ1) is 15.9. The van der Waals surface area contributed by atoms with Crippen molar-refractivity contribution >= 4 is 5.91 Å². The third kappa shape index (κ3) is 3.81. The molecule has 0 spiro atoms. The van der Waals surface area contributed by atoms with Crippen molar-refractivity contribution in [3.05, 3.63) is 35.9 Å². The molecule has 5 heteroatoms. The maximum Gasteiger partial charge on any atom is 0.240 e. The minimum absolute atomic E-state index is 0.117. The molecule has 1 heterocycles. The van der Waals surface area contributed by atoms with E-state index in [4.69, 9.17) is 5.84 Å². The van der Waals surface area contributed by atoms with Gasteiger partial charge in [-0.3, -0.25) is 15.1 Å². The van der Waals surface area contributed by atoms with Gasteiger partial charge in [0.25, 0.3) is 0 Å². The summed E-state index contributed by atoms with van der Waals surface area (Å²) in [6.07, 6.45) is 0. The van der Waals surface area contributed by atoms with Crippen molar-refractivity contribution in [1.82, 2.24) is 15.2 Å². The molecule has 3 N–H and O–H groups in total. The number of nitrogens with zero attached hydrogens (tertiary/aromatic N) is 2. The molecule has 0 aliphatic carbocycles. The van der Waals surface area contributed by atoms with E-state index in [-0.39, 0.29) is 5.91 Å². The van der Waals surface area contributed by atoms with Gasteiger partial charge in [-0.15, -0.1) is 0 Å². The largest absolute Gasteiger partial charge is 0.303 e. The third-order valence-electron chi connectivity index (χ3n) is 4.22. The summed E-state index contributed by atoms with van der Waals surface area (Å²) in [6.45, 7) is 7.53. The molecular weight excluding hydrogens is 264 g/mol. The van der Waals surface area contributed by atoms with Crippen LogP contribution in [0.1, 0.15) is 25.5 Å². The van der Waals surface area contributed by atoms with Crippen molar-refractivity contribution in [1.29, 1.82) is 0 Å². The normalized spacial score (nSPS) is 21.2. The molecule has 0 radical (unpaired) electrons. The number of amides is 1. The van der Waals surface area contributed by atoms with Gasteiger partial charge < -0.3 is 4.90 Å². The molecule has 1 saturated heterocycles. The summed E-state index contributed by atoms with van der Waals surface area (Å²) in [6, 6.07) is 10.8. The zero-order valence-electron chi connectivity index (χ0n) is 13.2. The molecular formula is C16H26N4O. The predicted octanol–water partition coefficient (Wildman–Crippen LogP) is 0.991. The van der Waals surface area contributed by atoms with Crippen molar-refractivity contribution in [2.75, 3.05) is 33.2 Å². The minimum Gasteiger partial charge on any atom is -0.303 e. The first-order chi connectivity index (χ1) is 9.94. The Kier molecular flexibility index (Phi) is 4.98. The average molecular weight is 290 g/mol. The molecule has 1 unspecified atom stereocenters. The van der Waals surface area contributed by atoms with E-state index in [2.05, 4.69) is 46.5 Å². The number of nitrogens with two attached hydrogens (primary N) is 1. The lowest BCUT2D eigenvalue weighted by molar-refractivity contribution is -0.131. The molecule has 0 aromatic heterocycles. The Balaban J connectivity index is 2.18. The van der Waals surface area contributed by atoms with Gasteiger partial charge in [-0.05, 0) is 26.5 Å². The highest BCUT2D eigenvalue weighted by Gasteiger charge is 2.34. The van der Waals surface area contributed by atoms with E-state index >= 15 is 0 Å². The summed E-state index contributed by atoms with van der Waals surface area (Å²) in [5.74, 6) is 5.19. The first-order valence-corrected chi connectivity index (χ1v) is 7.42. The highest BCUT2D eigenvalue weighted by Crippen LogP contribution is 2.28. The zero-order chi connectivity index (χ0) is 15.5. The number of carbonyl (C=O) groups is 1. The maximum atomic E-state index is 11.9. The Labute approximate surface area is 127 Å². The van der Waals surface area contributed by atoms with Crippen LogP contribution < -0.4 is 11.3 Å². The highest BCUT2D eigenvalue weighted by molar-refractivity contribution is 5.81. The van der Waals surface area contributed by atoms with Crippen LogP contribution in [0.4, 0.5) is 0 Å². The van der Waals surface area contributed by atoms with Crippen LogP contribution in [-0.4, -0.2) is 48.9 Å². The quantitative estimate of drug-likeness (QED) is 0.493. The Morgan fingerprint density at radius 1 is 1.33 bits per heavy atom. The van der Waals surface area contributed by atoms with E-state index < -0.39 is 5.41 Å². The Bertz CT molecular complexity index is 474. The lowest BCUT2D eigenvalue weighted by Gasteiger charge is -2.43. The summed E-state index contributed by atoms with van der Waals surface area (Å²) in [5, 5.41) is 0. The molecule has 116 valence electrons. The molecule has 0 bridgehead atoms. The monoisotopic (exact) mass is 290 g/mol. The molecule has 0 saturated carbocycles. The molecule has 1 amide bonds. The molecule has 1 aromatic rings. The van der Waals surface area contributed by atoms with E-state index in [1.54, 1.807) is 0 Å². The molecule has 2 rings (SSSR count). The van der Waals surface area contributed by atoms with Crippen LogP contribution in [-0.2, 0) is 4.79 Å². The van der Waals surface area contributed by atoms with Crippen molar-refractivity contribution < 1.29 is 4.79 Å². The van der Waals surface area contributed by atoms with E-state index in [1.807, 2.05) is 19.9 Å². The van der Waals surface area contributed by atoms with Crippen molar-refractivity contribution in [3.63, 3.8) is 0 Å². The van der Waals surface area contributed by atoms with E-state index in [1.165, 1.54) is 5.56 Å². The molecule has 1 atom stereocenters. The fourth-order valence-electron chi connectivity index (χ4n) is 2.91. The van der Waals surface area contributed by atoms with Gasteiger partial charge in [0.2, 0.25) is 5.91 Å². The summed E-state index contributed by atoms with van der Waals surface area (Å²) < 4.78 is 0. The number of hydrazine groups is 1. The lowest BCUT2D eigenvalue weighted by atomic mass is 9.89. The minimum atomic E-state index is -0.502. The second-order valence-electron chi connectivity index (χ2n) is 6.52. The van der Waals surface area contributed by atoms with Gasteiger partial charge in [0.15, 0.2) is 0 Å². The topological polar surface area (TPSA) is 61.6 Å². The standard InChI is InChI=1S/C16H26N4O/c1-16(2,15(21)18-17)12-20-10-9-19(3)11-14(20)13-7-5-4-6-8-13/h4-8,14H,9-12,17H2,1-3H3,(H,18,21). The fraction of sp³-hybridized carbons (Fsp3) is 0.562. The van der Waals surface area contributed by atoms with Crippen LogP contribution in [0, 0.1) is 5.41 Å². The van der Waals surface area contributed by atoms with Gasteiger partial charge in [-0.2, -0.15) is 0 Å². The predicted molar refractivity (Wildman–Crippen MR) is 84.4 cm³/mol. The zero-order valence-corrected chi connectivity index (χ0v) is 13.2. The van der Waals surface area contributed by atoms with E-state index in [9.17, 15) is 4.79 Å². The number of carbonyl (C=O) groups excluding carboxylic acids is 1. The average Bonchev–Trinajstić information content (AvgIpc) is 2.49. The second kappa shape index (κ2) is 6.56. The van der Waals surface area contributed by atoms with Crippen molar-refractivity contribution in [2.24, 2.45) is 11.3 Å². The van der Waals surface area contributed by atoms with Crippen LogP contribution in [0.2, 0.25) is 0 Å². The summed E-state index contributed by atoms with van der Waals surface area (Å²) in [7, 11) is 2.14. The van der Waals surface area contributed by atoms with Crippen LogP contribution in [0.15, 0.2) is 30.3 Å². The highest BCUT2D eigenvalue weighted by atomic mass is 16.2. The fourth-order valence-corrected chi connectivity index (χ4v) is 2.91. The number of piperazine rings is 1. The van der Waals surface area contributed by atoms with Gasteiger partial charge in [0, 0.05) is 32.2 Å². The number of hydrogen-bond donors (Lipinski definition) is 2. The van der Waals surface area contributed by atoms with Gasteiger partial charge in [-0.25, -0.2) is 5.84 Å². The van der Waals surface area contributed by atoms with Gasteiger partial charge >= 0.3 is 0 Å². The second-order valence-corrected chi connectivity index (χ2v) is 6.52. The summed E-state index contributed by atoms with van der Waals surface area (Å²) in [5.41, 5.74) is 3.08. The van der Waals surface area contributed by atoms with Gasteiger partial charge in [0.1, 0.15) is 0 Å². The van der Waals surface area contributed by atoms with E-state index in [0.717, 1.165) is 19.6 Å². The summed E-state index contributed by atoms with van der Waals surface area (Å²) in [4.78, 5) is 16.7. The Morgan fingerprint density at radius 3 is 2.62 bits per heavy atom. The Hall–Kier alpha value is -1.43. The van der Waals surface area contributed by atoms with Crippen molar-refractivity contribution in [3.8, 4) is 0 Å². The molecule has 1 aliphatic heterocycles. The maximum absolute atomic E-state index is 11.9. The molecule has 1 aromatic carbocycles. The summed E-state index contributed by atoms with van der Waals surface area (Å²) >= 11 is 0. The third-order valence-corrected chi connectivity index (χ3v) is 4.22.